The van der Waals surface area contributed by atoms with Gasteiger partial charge in [-0.05, 0) is 42.5 Å². The number of aromatic nitrogens is 2. The van der Waals surface area contributed by atoms with Crippen LogP contribution in [0.2, 0.25) is 0 Å². The Balaban J connectivity index is 1.84. The maximum absolute atomic E-state index is 12.9. The molecule has 0 atom stereocenters. The lowest BCUT2D eigenvalue weighted by molar-refractivity contribution is 0.321. The summed E-state index contributed by atoms with van der Waals surface area (Å²) < 4.78 is 43.7. The van der Waals surface area contributed by atoms with Crippen molar-refractivity contribution in [2.75, 3.05) is 20.8 Å². The normalized spacial score (nSPS) is 11.6. The van der Waals surface area contributed by atoms with Gasteiger partial charge in [0.05, 0.1) is 25.7 Å². The largest absolute Gasteiger partial charge is 0.493 e. The van der Waals surface area contributed by atoms with Crippen molar-refractivity contribution in [1.29, 1.82) is 0 Å². The predicted molar refractivity (Wildman–Crippen MR) is 110 cm³/mol. The molecular formula is C19H20BrN3O5S. The first-order valence-corrected chi connectivity index (χ1v) is 10.9. The minimum absolute atomic E-state index is 0.0326. The van der Waals surface area contributed by atoms with Gasteiger partial charge >= 0.3 is 0 Å². The van der Waals surface area contributed by atoms with Gasteiger partial charge in [-0.2, -0.15) is 9.29 Å². The molecule has 0 amide bonds. The Morgan fingerprint density at radius 1 is 1.07 bits per heavy atom. The quantitative estimate of drug-likeness (QED) is 0.483. The number of hydrogen-bond donors (Lipinski definition) is 0. The number of rotatable bonds is 8. The van der Waals surface area contributed by atoms with Gasteiger partial charge in [0.15, 0.2) is 11.5 Å². The molecule has 0 N–H and O–H groups in total. The van der Waals surface area contributed by atoms with Crippen LogP contribution in [-0.2, 0) is 16.6 Å². The van der Waals surface area contributed by atoms with E-state index in [0.29, 0.717) is 22.9 Å². The number of nitrogens with zero attached hydrogens (tertiary/aromatic N) is 3. The van der Waals surface area contributed by atoms with E-state index >= 15 is 0 Å². The minimum Gasteiger partial charge on any atom is -0.493 e. The third kappa shape index (κ3) is 4.60. The van der Waals surface area contributed by atoms with Crippen molar-refractivity contribution in [2.24, 2.45) is 0 Å². The summed E-state index contributed by atoms with van der Waals surface area (Å²) >= 11 is 3.31. The third-order valence-electron chi connectivity index (χ3n) is 4.23. The second-order valence-corrected chi connectivity index (χ2v) is 8.82. The van der Waals surface area contributed by atoms with E-state index in [2.05, 4.69) is 26.1 Å². The number of benzene rings is 2. The van der Waals surface area contributed by atoms with Crippen molar-refractivity contribution in [1.82, 2.24) is 14.4 Å². The Morgan fingerprint density at radius 3 is 2.38 bits per heavy atom. The van der Waals surface area contributed by atoms with Gasteiger partial charge in [0.1, 0.15) is 0 Å². The molecule has 0 bridgehead atoms. The first-order chi connectivity index (χ1) is 13.9. The average molecular weight is 482 g/mol. The molecule has 0 fully saturated rings. The summed E-state index contributed by atoms with van der Waals surface area (Å²) in [5.41, 5.74) is 0.663. The fourth-order valence-corrected chi connectivity index (χ4v) is 4.35. The smallest absolute Gasteiger partial charge is 0.243 e. The van der Waals surface area contributed by atoms with E-state index in [9.17, 15) is 8.42 Å². The van der Waals surface area contributed by atoms with Gasteiger partial charge in [-0.15, -0.1) is 0 Å². The van der Waals surface area contributed by atoms with E-state index < -0.39 is 10.0 Å². The van der Waals surface area contributed by atoms with Crippen LogP contribution in [0.25, 0.3) is 11.4 Å². The number of hydrogen-bond acceptors (Lipinski definition) is 7. The molecular weight excluding hydrogens is 462 g/mol. The molecule has 0 spiro atoms. The summed E-state index contributed by atoms with van der Waals surface area (Å²) in [7, 11) is -0.605. The fraction of sp³-hybridized carbons (Fsp3) is 0.263. The number of halogens is 1. The van der Waals surface area contributed by atoms with Crippen LogP contribution in [0.5, 0.6) is 11.5 Å². The molecule has 0 saturated heterocycles. The molecule has 1 aromatic heterocycles. The van der Waals surface area contributed by atoms with Gasteiger partial charge in [-0.25, -0.2) is 8.42 Å². The van der Waals surface area contributed by atoms with Crippen molar-refractivity contribution in [2.45, 2.75) is 18.4 Å². The van der Waals surface area contributed by atoms with Crippen LogP contribution in [0.15, 0.2) is 56.4 Å². The van der Waals surface area contributed by atoms with Gasteiger partial charge < -0.3 is 14.0 Å². The van der Waals surface area contributed by atoms with Gasteiger partial charge in [-0.3, -0.25) is 0 Å². The van der Waals surface area contributed by atoms with Gasteiger partial charge in [0, 0.05) is 16.6 Å². The van der Waals surface area contributed by atoms with Crippen LogP contribution in [0.4, 0.5) is 0 Å². The van der Waals surface area contributed by atoms with Crippen molar-refractivity contribution in [3.8, 4) is 22.9 Å². The highest BCUT2D eigenvalue weighted by Gasteiger charge is 2.25. The highest BCUT2D eigenvalue weighted by Crippen LogP contribution is 2.31. The lowest BCUT2D eigenvalue weighted by Crippen LogP contribution is -2.30. The molecule has 2 aromatic carbocycles. The molecule has 0 aliphatic heterocycles. The summed E-state index contributed by atoms with van der Waals surface area (Å²) in [5.74, 6) is 1.64. The zero-order chi connectivity index (χ0) is 21.0. The standard InChI is InChI=1S/C19H20BrN3O5S/c1-4-23(29(24,25)15-8-6-14(20)7-9-15)12-18-21-19(22-28-18)13-5-10-16(26-2)17(11-13)27-3/h5-11H,4,12H2,1-3H3. The van der Waals surface area contributed by atoms with E-state index in [-0.39, 0.29) is 23.9 Å². The van der Waals surface area contributed by atoms with Gasteiger partial charge in [0.25, 0.3) is 0 Å². The maximum atomic E-state index is 12.9. The van der Waals surface area contributed by atoms with E-state index in [1.807, 2.05) is 0 Å². The van der Waals surface area contributed by atoms with Crippen LogP contribution in [0, 0.1) is 0 Å². The molecule has 0 radical (unpaired) electrons. The topological polar surface area (TPSA) is 94.8 Å². The van der Waals surface area contributed by atoms with Crippen molar-refractivity contribution >= 4 is 26.0 Å². The molecule has 3 aromatic rings. The molecule has 0 saturated carbocycles. The highest BCUT2D eigenvalue weighted by molar-refractivity contribution is 9.10. The summed E-state index contributed by atoms with van der Waals surface area (Å²) in [5, 5.41) is 3.96. The van der Waals surface area contributed by atoms with E-state index in [1.165, 1.54) is 11.4 Å². The van der Waals surface area contributed by atoms with Crippen molar-refractivity contribution < 1.29 is 22.4 Å². The van der Waals surface area contributed by atoms with Crippen LogP contribution < -0.4 is 9.47 Å². The highest BCUT2D eigenvalue weighted by atomic mass is 79.9. The SMILES string of the molecule is CCN(Cc1nc(-c2ccc(OC)c(OC)c2)no1)S(=O)(=O)c1ccc(Br)cc1. The average Bonchev–Trinajstić information content (AvgIpc) is 3.20. The zero-order valence-corrected chi connectivity index (χ0v) is 18.5. The van der Waals surface area contributed by atoms with Crippen LogP contribution in [0.1, 0.15) is 12.8 Å². The molecule has 154 valence electrons. The first-order valence-electron chi connectivity index (χ1n) is 8.69. The third-order valence-corrected chi connectivity index (χ3v) is 6.69. The Kier molecular flexibility index (Phi) is 6.56. The van der Waals surface area contributed by atoms with Crippen molar-refractivity contribution in [3.05, 3.63) is 52.8 Å². The molecule has 29 heavy (non-hydrogen) atoms. The van der Waals surface area contributed by atoms with E-state index in [0.717, 1.165) is 4.47 Å². The summed E-state index contributed by atoms with van der Waals surface area (Å²) in [6, 6.07) is 11.7. The molecule has 0 unspecified atom stereocenters. The Labute approximate surface area is 177 Å². The Bertz CT molecular complexity index is 1080. The number of ether oxygens (including phenoxy) is 2. The molecule has 0 aliphatic carbocycles. The van der Waals surface area contributed by atoms with Crippen LogP contribution >= 0.6 is 15.9 Å². The van der Waals surface area contributed by atoms with Gasteiger partial charge in [0.2, 0.25) is 21.7 Å². The van der Waals surface area contributed by atoms with Crippen LogP contribution in [0.3, 0.4) is 0 Å². The summed E-state index contributed by atoms with van der Waals surface area (Å²) in [6.45, 7) is 1.98. The number of sulfonamides is 1. The Hall–Kier alpha value is -2.43. The van der Waals surface area contributed by atoms with E-state index in [4.69, 9.17) is 14.0 Å². The maximum Gasteiger partial charge on any atom is 0.243 e. The number of methoxy groups -OCH3 is 2. The Morgan fingerprint density at radius 2 is 1.76 bits per heavy atom. The first kappa shape index (κ1) is 21.3. The predicted octanol–water partition coefficient (Wildman–Crippen LogP) is 3.73. The second kappa shape index (κ2) is 8.93. The summed E-state index contributed by atoms with van der Waals surface area (Å²) in [6.07, 6.45) is 0. The van der Waals surface area contributed by atoms with Crippen LogP contribution in [-0.4, -0.2) is 43.6 Å². The lowest BCUT2D eigenvalue weighted by atomic mass is 10.2. The minimum atomic E-state index is -3.69. The lowest BCUT2D eigenvalue weighted by Gasteiger charge is -2.18. The van der Waals surface area contributed by atoms with Gasteiger partial charge in [-0.1, -0.05) is 28.0 Å². The van der Waals surface area contributed by atoms with E-state index in [1.54, 1.807) is 56.5 Å². The molecule has 8 nitrogen and oxygen atoms in total. The molecule has 0 aliphatic rings. The van der Waals surface area contributed by atoms with Crippen molar-refractivity contribution in [3.63, 3.8) is 0 Å². The second-order valence-electron chi connectivity index (χ2n) is 5.97. The fourth-order valence-electron chi connectivity index (χ4n) is 2.68. The summed E-state index contributed by atoms with van der Waals surface area (Å²) in [4.78, 5) is 4.53. The molecule has 10 heteroatoms. The monoisotopic (exact) mass is 481 g/mol. The molecule has 3 rings (SSSR count). The zero-order valence-electron chi connectivity index (χ0n) is 16.1. The molecule has 1 heterocycles.